The van der Waals surface area contributed by atoms with Crippen LogP contribution in [-0.4, -0.2) is 88.1 Å². The molecule has 4 N–H and O–H groups in total. The van der Waals surface area contributed by atoms with Gasteiger partial charge in [0.1, 0.15) is 31.2 Å². The van der Waals surface area contributed by atoms with Crippen molar-refractivity contribution >= 4 is 43.5 Å². The number of carbonyl (C=O) groups is 2. The van der Waals surface area contributed by atoms with Gasteiger partial charge in [-0.3, -0.25) is 0 Å². The zero-order valence-electron chi connectivity index (χ0n) is 34.7. The minimum absolute atomic E-state index is 0.0668. The first-order valence-corrected chi connectivity index (χ1v) is 23.9. The fraction of sp³-hybridized carbons (Fsp3) is 0.512. The molecule has 332 valence electrons. The van der Waals surface area contributed by atoms with Crippen molar-refractivity contribution < 1.29 is 49.8 Å². The summed E-state index contributed by atoms with van der Waals surface area (Å²) in [7, 11) is -5.28. The van der Waals surface area contributed by atoms with E-state index < -0.39 is 32.1 Å². The van der Waals surface area contributed by atoms with Gasteiger partial charge >= 0.3 is 12.1 Å². The van der Waals surface area contributed by atoms with E-state index in [1.165, 1.54) is 39.4 Å². The average molecular weight is 897 g/mol. The van der Waals surface area contributed by atoms with Crippen molar-refractivity contribution in [2.24, 2.45) is 0 Å². The summed E-state index contributed by atoms with van der Waals surface area (Å²) in [5.74, 6) is 0.0273. The zero-order valence-corrected chi connectivity index (χ0v) is 36.3. The molecule has 4 aliphatic carbocycles. The molecule has 0 fully saturated rings. The van der Waals surface area contributed by atoms with E-state index in [1.54, 1.807) is 7.11 Å². The van der Waals surface area contributed by atoms with E-state index in [0.29, 0.717) is 55.6 Å². The molecule has 0 bridgehead atoms. The minimum atomic E-state index is -4.22. The number of hydrogen-bond acceptors (Lipinski definition) is 12. The maximum Gasteiger partial charge on any atom is 0.333 e. The Morgan fingerprint density at radius 3 is 1.37 bits per heavy atom. The number of sulfonamides is 2. The summed E-state index contributed by atoms with van der Waals surface area (Å²) in [6.45, 7) is 3.31. The number of benzene rings is 2. The highest BCUT2D eigenvalue weighted by Crippen LogP contribution is 2.43. The molecule has 18 nitrogen and oxygen atoms in total. The molecule has 4 aromatic rings. The summed E-state index contributed by atoms with van der Waals surface area (Å²) >= 11 is 0. The van der Waals surface area contributed by atoms with Crippen LogP contribution in [0.5, 0.6) is 11.8 Å². The lowest BCUT2D eigenvalue weighted by Gasteiger charge is -2.23. The molecular weight excluding hydrogens is 848 g/mol. The van der Waals surface area contributed by atoms with E-state index in [2.05, 4.69) is 32.5 Å². The number of ether oxygens (including phenoxy) is 4. The van der Waals surface area contributed by atoms with Gasteiger partial charge in [-0.1, -0.05) is 0 Å². The van der Waals surface area contributed by atoms with Gasteiger partial charge in [-0.05, 0) is 134 Å². The highest BCUT2D eigenvalue weighted by atomic mass is 32.2. The van der Waals surface area contributed by atoms with Crippen LogP contribution in [0.2, 0.25) is 0 Å². The Morgan fingerprint density at radius 2 is 0.984 bits per heavy atom. The van der Waals surface area contributed by atoms with E-state index in [0.717, 1.165) is 85.5 Å². The number of halogens is 1. The molecule has 21 heteroatoms. The van der Waals surface area contributed by atoms with Gasteiger partial charge in [-0.2, -0.15) is 10.2 Å². The molecule has 6 aliphatic rings. The number of amides is 4. The molecule has 2 aromatic heterocycles. The summed E-state index contributed by atoms with van der Waals surface area (Å²) in [5, 5.41) is 13.7. The van der Waals surface area contributed by atoms with Gasteiger partial charge in [0.2, 0.25) is 11.8 Å². The topological polar surface area (TPSA) is 223 Å². The van der Waals surface area contributed by atoms with Crippen molar-refractivity contribution in [1.82, 2.24) is 29.0 Å². The third-order valence-electron chi connectivity index (χ3n) is 12.8. The molecule has 0 spiro atoms. The molecule has 4 heterocycles. The number of nitrogens with zero attached hydrogens (tertiary/aromatic N) is 4. The van der Waals surface area contributed by atoms with E-state index in [4.69, 9.17) is 18.9 Å². The van der Waals surface area contributed by atoms with Gasteiger partial charge in [0, 0.05) is 25.6 Å². The van der Waals surface area contributed by atoms with Crippen molar-refractivity contribution in [2.45, 2.75) is 119 Å². The van der Waals surface area contributed by atoms with Gasteiger partial charge in [-0.25, -0.2) is 49.6 Å². The van der Waals surface area contributed by atoms with Crippen LogP contribution in [0.25, 0.3) is 0 Å². The number of urea groups is 2. The number of carbonyl (C=O) groups excluding carboxylic acids is 2. The number of fused-ring (bicyclic) bond motifs is 6. The fourth-order valence-electron chi connectivity index (χ4n) is 9.81. The Kier molecular flexibility index (Phi) is 11.2. The average Bonchev–Trinajstić information content (AvgIpc) is 4.10. The monoisotopic (exact) mass is 896 g/mol. The van der Waals surface area contributed by atoms with Crippen LogP contribution in [0, 0.1) is 12.7 Å². The number of hydrogen-bond donors (Lipinski definition) is 4. The van der Waals surface area contributed by atoms with E-state index in [1.807, 2.05) is 4.72 Å². The molecule has 0 saturated carbocycles. The molecule has 62 heavy (non-hydrogen) atoms. The third kappa shape index (κ3) is 7.55. The van der Waals surface area contributed by atoms with Crippen LogP contribution < -0.4 is 29.6 Å². The first kappa shape index (κ1) is 42.1. The highest BCUT2D eigenvalue weighted by Gasteiger charge is 2.35. The van der Waals surface area contributed by atoms with Crippen LogP contribution in [0.15, 0.2) is 22.2 Å². The standard InChI is InChI=1S/C21H26N4O5S.C20H23FN4O5S/c1-12-14-5-3-7-16(14)19(17-8-4-6-15(12)17)23-21(26)24-31(27,28)18-9-22-25-10-13(29-2)11-30-20(18)25;1-29-11-9-25-19(30-10-11)16(8-22-25)31(27,28)24-20(26)23-18-14-6-2-4-12(14)17(21)13-5-3-7-15(13)18/h9,13H,3-8,10-11H2,1-2H3,(H2,23,24,26);8,11H,2-7,9-10H2,1H3,(H2,23,24,26). The largest absolute Gasteiger partial charge is 0.474 e. The predicted octanol–water partition coefficient (Wildman–Crippen LogP) is 4.00. The number of nitrogens with one attached hydrogen (secondary N) is 4. The Labute approximate surface area is 358 Å². The molecule has 2 atom stereocenters. The maximum atomic E-state index is 14.8. The number of rotatable bonds is 8. The minimum Gasteiger partial charge on any atom is -0.474 e. The molecule has 2 unspecified atom stereocenters. The first-order valence-electron chi connectivity index (χ1n) is 20.9. The summed E-state index contributed by atoms with van der Waals surface area (Å²) in [6.07, 6.45) is 12.0. The molecule has 2 aliphatic heterocycles. The number of methoxy groups -OCH3 is 2. The smallest absolute Gasteiger partial charge is 0.333 e. The molecule has 0 radical (unpaired) electrons. The van der Waals surface area contributed by atoms with Crippen molar-refractivity contribution in [3.8, 4) is 11.8 Å². The van der Waals surface area contributed by atoms with Crippen molar-refractivity contribution in [3.63, 3.8) is 0 Å². The number of aromatic nitrogens is 4. The second-order valence-electron chi connectivity index (χ2n) is 16.4. The first-order chi connectivity index (χ1) is 29.8. The van der Waals surface area contributed by atoms with Gasteiger partial charge in [0.15, 0.2) is 9.79 Å². The SMILES string of the molecule is COC1COc2c(S(=O)(=O)NC(=O)Nc3c4c(c(C)c5c3CCC5)CCC4)cnn2C1.COC1COc2c(S(=O)(=O)NC(=O)Nc3c4c(c(F)c5c3CCC5)CCC4)cnn2C1. The predicted molar refractivity (Wildman–Crippen MR) is 221 cm³/mol. The van der Waals surface area contributed by atoms with E-state index in [-0.39, 0.29) is 52.8 Å². The molecule has 4 amide bonds. The maximum absolute atomic E-state index is 14.8. The summed E-state index contributed by atoms with van der Waals surface area (Å²) in [4.78, 5) is 25.1. The zero-order chi connectivity index (χ0) is 43.5. The lowest BCUT2D eigenvalue weighted by Crippen LogP contribution is -2.36. The Bertz CT molecular complexity index is 2460. The van der Waals surface area contributed by atoms with Crippen molar-refractivity contribution in [2.75, 3.05) is 38.1 Å². The van der Waals surface area contributed by atoms with E-state index in [9.17, 15) is 30.8 Å². The third-order valence-corrected chi connectivity index (χ3v) is 15.4. The molecule has 2 aromatic carbocycles. The Morgan fingerprint density at radius 1 is 0.629 bits per heavy atom. The van der Waals surface area contributed by atoms with Crippen LogP contribution in [0.3, 0.4) is 0 Å². The van der Waals surface area contributed by atoms with Crippen LogP contribution in [0.1, 0.15) is 75.8 Å². The second-order valence-corrected chi connectivity index (χ2v) is 19.7. The summed E-state index contributed by atoms with van der Waals surface area (Å²) in [5.41, 5.74) is 10.5. The number of anilines is 2. The van der Waals surface area contributed by atoms with E-state index >= 15 is 0 Å². The van der Waals surface area contributed by atoms with Gasteiger partial charge < -0.3 is 29.6 Å². The Balaban J connectivity index is 0.000000158. The normalized spacial score (nSPS) is 19.4. The summed E-state index contributed by atoms with van der Waals surface area (Å²) < 4.78 is 94.8. The highest BCUT2D eigenvalue weighted by molar-refractivity contribution is 7.90. The Hall–Kier alpha value is -5.25. The fourth-order valence-corrected chi connectivity index (χ4v) is 11.8. The molecule has 0 saturated heterocycles. The van der Waals surface area contributed by atoms with Gasteiger partial charge in [0.05, 0.1) is 25.5 Å². The molecule has 10 rings (SSSR count). The van der Waals surface area contributed by atoms with Crippen LogP contribution >= 0.6 is 0 Å². The second kappa shape index (κ2) is 16.5. The van der Waals surface area contributed by atoms with Crippen LogP contribution in [-0.2, 0) is 94.0 Å². The lowest BCUT2D eigenvalue weighted by atomic mass is 9.93. The molecular formula is C41H49FN8O10S2. The quantitative estimate of drug-likeness (QED) is 0.197. The lowest BCUT2D eigenvalue weighted by molar-refractivity contribution is 0.0165. The van der Waals surface area contributed by atoms with Gasteiger partial charge in [-0.15, -0.1) is 0 Å². The van der Waals surface area contributed by atoms with Gasteiger partial charge in [0.25, 0.3) is 20.0 Å². The summed E-state index contributed by atoms with van der Waals surface area (Å²) in [6, 6.07) is -1.65. The van der Waals surface area contributed by atoms with Crippen molar-refractivity contribution in [1.29, 1.82) is 0 Å². The van der Waals surface area contributed by atoms with Crippen molar-refractivity contribution in [3.05, 3.63) is 68.3 Å². The van der Waals surface area contributed by atoms with Crippen LogP contribution in [0.4, 0.5) is 25.4 Å².